The first-order valence-corrected chi connectivity index (χ1v) is 11.8. The molecule has 0 bridgehead atoms. The number of carbonyl (C=O) groups is 2. The molecule has 1 amide bonds. The van der Waals surface area contributed by atoms with Gasteiger partial charge in [-0.1, -0.05) is 17.7 Å². The molecule has 38 heavy (non-hydrogen) atoms. The van der Waals surface area contributed by atoms with Gasteiger partial charge in [0.1, 0.15) is 11.8 Å². The highest BCUT2D eigenvalue weighted by Crippen LogP contribution is 2.28. The summed E-state index contributed by atoms with van der Waals surface area (Å²) in [7, 11) is 3.61. The second-order valence-corrected chi connectivity index (χ2v) is 9.20. The first-order valence-electron chi connectivity index (χ1n) is 11.4. The number of nitrogens with zero attached hydrogens (tertiary/aromatic N) is 4. The average molecular weight is 548 g/mol. The van der Waals surface area contributed by atoms with E-state index < -0.39 is 23.8 Å². The summed E-state index contributed by atoms with van der Waals surface area (Å²) >= 11 is 6.17. The van der Waals surface area contributed by atoms with E-state index in [1.54, 1.807) is 50.0 Å². The van der Waals surface area contributed by atoms with Crippen molar-refractivity contribution in [1.29, 1.82) is 5.26 Å². The van der Waals surface area contributed by atoms with Crippen LogP contribution in [-0.2, 0) is 11.2 Å². The van der Waals surface area contributed by atoms with E-state index in [1.807, 2.05) is 17.9 Å². The third-order valence-electron chi connectivity index (χ3n) is 5.71. The van der Waals surface area contributed by atoms with Gasteiger partial charge in [0.15, 0.2) is 0 Å². The number of likely N-dealkylation sites (N-methyl/N-ethyl adjacent to an activating group) is 1. The van der Waals surface area contributed by atoms with Crippen LogP contribution in [0.5, 0.6) is 5.75 Å². The van der Waals surface area contributed by atoms with Gasteiger partial charge in [0.25, 0.3) is 5.91 Å². The number of alkyl halides is 3. The van der Waals surface area contributed by atoms with Gasteiger partial charge in [-0.05, 0) is 63.8 Å². The minimum Gasteiger partial charge on any atom is -0.419 e. The molecular weight excluding hydrogens is 523 g/mol. The molecule has 0 radical (unpaired) electrons. The van der Waals surface area contributed by atoms with E-state index in [0.717, 1.165) is 11.3 Å². The molecule has 0 fully saturated rings. The third kappa shape index (κ3) is 6.70. The van der Waals surface area contributed by atoms with E-state index in [4.69, 9.17) is 16.9 Å². The lowest BCUT2D eigenvalue weighted by atomic mass is 10.0. The Hall–Kier alpha value is -3.88. The molecule has 1 heterocycles. The van der Waals surface area contributed by atoms with Gasteiger partial charge in [-0.15, -0.1) is 0 Å². The molecule has 12 heteroatoms. The second kappa shape index (κ2) is 11.7. The second-order valence-electron chi connectivity index (χ2n) is 8.79. The van der Waals surface area contributed by atoms with Crippen molar-refractivity contribution in [3.05, 3.63) is 75.1 Å². The maximum absolute atomic E-state index is 12.9. The molecule has 200 valence electrons. The van der Waals surface area contributed by atoms with Crippen molar-refractivity contribution in [2.24, 2.45) is 0 Å². The van der Waals surface area contributed by atoms with Gasteiger partial charge in [-0.2, -0.15) is 23.5 Å². The maximum atomic E-state index is 12.9. The number of hydrogen-bond acceptors (Lipinski definition) is 6. The highest BCUT2D eigenvalue weighted by molar-refractivity contribution is 6.31. The normalized spacial score (nSPS) is 11.4. The fraction of sp³-hybridized carbons (Fsp3) is 0.308. The Morgan fingerprint density at radius 1 is 1.18 bits per heavy atom. The molecule has 3 aromatic rings. The molecule has 0 atom stereocenters. The summed E-state index contributed by atoms with van der Waals surface area (Å²) < 4.78 is 45.1. The van der Waals surface area contributed by atoms with Gasteiger partial charge in [-0.25, -0.2) is 9.48 Å². The van der Waals surface area contributed by atoms with Crippen LogP contribution in [0.15, 0.2) is 36.4 Å². The van der Waals surface area contributed by atoms with Crippen molar-refractivity contribution < 1.29 is 27.5 Å². The van der Waals surface area contributed by atoms with Crippen molar-refractivity contribution in [3.8, 4) is 17.5 Å². The predicted molar refractivity (Wildman–Crippen MR) is 135 cm³/mol. The molecule has 0 spiro atoms. The Bertz CT molecular complexity index is 1410. The zero-order valence-electron chi connectivity index (χ0n) is 21.1. The summed E-state index contributed by atoms with van der Waals surface area (Å²) in [5.41, 5.74) is 3.44. The molecule has 0 saturated heterocycles. The van der Waals surface area contributed by atoms with Gasteiger partial charge < -0.3 is 15.0 Å². The lowest BCUT2D eigenvalue weighted by Gasteiger charge is -2.15. The van der Waals surface area contributed by atoms with E-state index in [1.165, 1.54) is 12.1 Å². The van der Waals surface area contributed by atoms with Crippen molar-refractivity contribution in [3.63, 3.8) is 0 Å². The van der Waals surface area contributed by atoms with Crippen LogP contribution in [0.1, 0.15) is 38.4 Å². The Morgan fingerprint density at radius 3 is 2.50 bits per heavy atom. The third-order valence-corrected chi connectivity index (χ3v) is 6.02. The van der Waals surface area contributed by atoms with E-state index in [2.05, 4.69) is 15.2 Å². The molecule has 0 aliphatic rings. The summed E-state index contributed by atoms with van der Waals surface area (Å²) in [6, 6.07) is 11.1. The summed E-state index contributed by atoms with van der Waals surface area (Å²) in [6.07, 6.45) is -4.99. The van der Waals surface area contributed by atoms with Crippen molar-refractivity contribution >= 4 is 23.5 Å². The smallest absolute Gasteiger partial charge is 0.419 e. The number of halogens is 4. The van der Waals surface area contributed by atoms with Gasteiger partial charge in [0.2, 0.25) is 0 Å². The number of nitriles is 1. The standard InChI is InChI=1S/C26H25ClF3N5O3/c1-15-21(16(2)35(33-15)19-7-6-18(14-31)22(27)13-19)11-17-5-8-20(24(36)32-9-10-34(3)4)23(12-17)38-25(37)26(28,29)30/h5-8,12-13H,9-11H2,1-4H3,(H,32,36). The minimum absolute atomic E-state index is 0.193. The van der Waals surface area contributed by atoms with Crippen LogP contribution in [0, 0.1) is 25.2 Å². The average Bonchev–Trinajstić information content (AvgIpc) is 3.11. The zero-order chi connectivity index (χ0) is 28.2. The predicted octanol–water partition coefficient (Wildman–Crippen LogP) is 4.36. The Balaban J connectivity index is 1.95. The van der Waals surface area contributed by atoms with E-state index in [9.17, 15) is 22.8 Å². The maximum Gasteiger partial charge on any atom is 0.491 e. The topological polar surface area (TPSA) is 100 Å². The summed E-state index contributed by atoms with van der Waals surface area (Å²) in [6.45, 7) is 4.35. The number of rotatable bonds is 8. The molecule has 1 N–H and O–H groups in total. The summed E-state index contributed by atoms with van der Waals surface area (Å²) in [5.74, 6) is -3.58. The fourth-order valence-corrected chi connectivity index (χ4v) is 3.92. The number of hydrogen-bond donors (Lipinski definition) is 1. The van der Waals surface area contributed by atoms with Gasteiger partial charge in [-0.3, -0.25) is 4.79 Å². The van der Waals surface area contributed by atoms with Crippen LogP contribution in [0.25, 0.3) is 5.69 Å². The molecule has 1 aromatic heterocycles. The Kier molecular flexibility index (Phi) is 8.81. The van der Waals surface area contributed by atoms with Crippen LogP contribution in [0.3, 0.4) is 0 Å². The lowest BCUT2D eigenvalue weighted by molar-refractivity contribution is -0.189. The van der Waals surface area contributed by atoms with Crippen molar-refractivity contribution in [1.82, 2.24) is 20.0 Å². The van der Waals surface area contributed by atoms with Crippen LogP contribution in [0.2, 0.25) is 5.02 Å². The minimum atomic E-state index is -5.23. The van der Waals surface area contributed by atoms with E-state index in [-0.39, 0.29) is 23.6 Å². The number of aromatic nitrogens is 2. The van der Waals surface area contributed by atoms with Gasteiger partial charge >= 0.3 is 12.1 Å². The quantitative estimate of drug-likeness (QED) is 0.332. The van der Waals surface area contributed by atoms with E-state index in [0.29, 0.717) is 29.1 Å². The van der Waals surface area contributed by atoms with Crippen LogP contribution < -0.4 is 10.1 Å². The molecule has 0 unspecified atom stereocenters. The van der Waals surface area contributed by atoms with Gasteiger partial charge in [0, 0.05) is 30.8 Å². The number of carbonyl (C=O) groups excluding carboxylic acids is 2. The number of aryl methyl sites for hydroxylation is 1. The SMILES string of the molecule is Cc1nn(-c2ccc(C#N)c(Cl)c2)c(C)c1Cc1ccc(C(=O)NCCN(C)C)c(OC(=O)C(F)(F)F)c1. The largest absolute Gasteiger partial charge is 0.491 e. The van der Waals surface area contributed by atoms with Crippen LogP contribution in [0.4, 0.5) is 13.2 Å². The number of amides is 1. The summed E-state index contributed by atoms with van der Waals surface area (Å²) in [4.78, 5) is 26.1. The highest BCUT2D eigenvalue weighted by atomic mass is 35.5. The first-order chi connectivity index (χ1) is 17.8. The van der Waals surface area contributed by atoms with Crippen LogP contribution >= 0.6 is 11.6 Å². The molecule has 0 aliphatic heterocycles. The molecular formula is C26H25ClF3N5O3. The van der Waals surface area contributed by atoms with Crippen molar-refractivity contribution in [2.75, 3.05) is 27.2 Å². The number of esters is 1. The molecule has 0 saturated carbocycles. The first kappa shape index (κ1) is 28.7. The number of ether oxygens (including phenoxy) is 1. The monoisotopic (exact) mass is 547 g/mol. The van der Waals surface area contributed by atoms with Crippen molar-refractivity contribution in [2.45, 2.75) is 26.4 Å². The van der Waals surface area contributed by atoms with Gasteiger partial charge in [0.05, 0.1) is 27.5 Å². The zero-order valence-corrected chi connectivity index (χ0v) is 21.9. The number of nitrogens with one attached hydrogen (secondary N) is 1. The summed E-state index contributed by atoms with van der Waals surface area (Å²) in [5, 5.41) is 16.5. The molecule has 2 aromatic carbocycles. The molecule has 0 aliphatic carbocycles. The van der Waals surface area contributed by atoms with Crippen LogP contribution in [-0.4, -0.2) is 59.9 Å². The Morgan fingerprint density at radius 2 is 1.89 bits per heavy atom. The molecule has 3 rings (SSSR count). The Labute approximate surface area is 222 Å². The number of benzene rings is 2. The molecule has 8 nitrogen and oxygen atoms in total. The fourth-order valence-electron chi connectivity index (χ4n) is 3.71. The van der Waals surface area contributed by atoms with E-state index >= 15 is 0 Å². The lowest BCUT2D eigenvalue weighted by Crippen LogP contribution is -2.33. The highest BCUT2D eigenvalue weighted by Gasteiger charge is 2.42.